The van der Waals surface area contributed by atoms with Crippen molar-refractivity contribution in [1.29, 1.82) is 0 Å². The molecule has 0 aliphatic rings. The zero-order chi connectivity index (χ0) is 8.97. The first-order chi connectivity index (χ1) is 5.74. The normalized spacial score (nSPS) is 9.08. The van der Waals surface area contributed by atoms with Crippen molar-refractivity contribution in [3.05, 3.63) is 36.4 Å². The fourth-order valence-corrected chi connectivity index (χ4v) is 0.987. The summed E-state index contributed by atoms with van der Waals surface area (Å²) in [5.41, 5.74) is 0.960. The van der Waals surface area contributed by atoms with Crippen LogP contribution in [0, 0.1) is 0 Å². The molecule has 0 aliphatic heterocycles. The van der Waals surface area contributed by atoms with Gasteiger partial charge in [0.25, 0.3) is 0 Å². The van der Waals surface area contributed by atoms with E-state index in [2.05, 4.69) is 6.58 Å². The van der Waals surface area contributed by atoms with Gasteiger partial charge in [0.2, 0.25) is 0 Å². The third-order valence-electron chi connectivity index (χ3n) is 1.39. The van der Waals surface area contributed by atoms with Gasteiger partial charge in [-0.05, 0) is 18.3 Å². The van der Waals surface area contributed by atoms with Gasteiger partial charge in [-0.3, -0.25) is 0 Å². The maximum absolute atomic E-state index is 5.30. The fraction of sp³-hybridized carbons (Fsp3) is 0.100. The zero-order valence-electron chi connectivity index (χ0n) is 6.91. The lowest BCUT2D eigenvalue weighted by molar-refractivity contribution is 0.560. The van der Waals surface area contributed by atoms with Crippen LogP contribution in [0.25, 0.3) is 6.08 Å². The van der Waals surface area contributed by atoms with Gasteiger partial charge in [0.1, 0.15) is 5.75 Å². The average Bonchev–Trinajstić information content (AvgIpc) is 2.04. The fourth-order valence-electron chi connectivity index (χ4n) is 0.897. The zero-order valence-corrected chi connectivity index (χ0v) is 7.73. The molecule has 0 atom stereocenters. The van der Waals surface area contributed by atoms with E-state index >= 15 is 0 Å². The summed E-state index contributed by atoms with van der Waals surface area (Å²) < 4.78 is 5.30. The molecular weight excluding hydrogens is 168 g/mol. The lowest BCUT2D eigenvalue weighted by atomic mass is 10.2. The van der Waals surface area contributed by atoms with Crippen molar-refractivity contribution in [2.24, 2.45) is 0 Å². The van der Waals surface area contributed by atoms with Crippen molar-refractivity contribution in [3.63, 3.8) is 0 Å². The van der Waals surface area contributed by atoms with Crippen LogP contribution >= 0.6 is 12.2 Å². The summed E-state index contributed by atoms with van der Waals surface area (Å²) in [7, 11) is 0. The molecule has 1 rings (SSSR count). The molecule has 0 saturated heterocycles. The number of thiocarbonyl (C=S) groups is 1. The molecule has 0 radical (unpaired) electrons. The lowest BCUT2D eigenvalue weighted by Gasteiger charge is -2.05. The molecule has 62 valence electrons. The number of hydrogen-bond donors (Lipinski definition) is 0. The van der Waals surface area contributed by atoms with E-state index in [9.17, 15) is 0 Å². The lowest BCUT2D eigenvalue weighted by Crippen LogP contribution is -1.99. The van der Waals surface area contributed by atoms with Crippen molar-refractivity contribution >= 4 is 23.3 Å². The Kier molecular flexibility index (Phi) is 3.00. The third kappa shape index (κ3) is 2.17. The van der Waals surface area contributed by atoms with E-state index in [1.807, 2.05) is 24.3 Å². The van der Waals surface area contributed by atoms with E-state index < -0.39 is 0 Å². The minimum absolute atomic E-state index is 0.518. The monoisotopic (exact) mass is 178 g/mol. The number of benzene rings is 1. The summed E-state index contributed by atoms with van der Waals surface area (Å²) in [4.78, 5) is 0. The first-order valence-corrected chi connectivity index (χ1v) is 4.04. The van der Waals surface area contributed by atoms with Gasteiger partial charge in [-0.2, -0.15) is 0 Å². The van der Waals surface area contributed by atoms with Gasteiger partial charge < -0.3 is 4.74 Å². The van der Waals surface area contributed by atoms with Gasteiger partial charge >= 0.3 is 0 Å². The Morgan fingerprint density at radius 1 is 1.50 bits per heavy atom. The van der Waals surface area contributed by atoms with Crippen LogP contribution in [0.15, 0.2) is 30.8 Å². The van der Waals surface area contributed by atoms with Gasteiger partial charge in [0, 0.05) is 12.5 Å². The first kappa shape index (κ1) is 8.94. The van der Waals surface area contributed by atoms with Crippen LogP contribution in [0.4, 0.5) is 0 Å². The summed E-state index contributed by atoms with van der Waals surface area (Å²) in [6, 6.07) is 7.64. The van der Waals surface area contributed by atoms with Gasteiger partial charge in [0.15, 0.2) is 5.05 Å². The molecule has 1 aromatic carbocycles. The number of rotatable bonds is 2. The van der Waals surface area contributed by atoms with E-state index in [1.54, 1.807) is 13.0 Å². The van der Waals surface area contributed by atoms with Crippen molar-refractivity contribution in [1.82, 2.24) is 0 Å². The third-order valence-corrected chi connectivity index (χ3v) is 1.48. The van der Waals surface area contributed by atoms with Crippen LogP contribution < -0.4 is 4.74 Å². The van der Waals surface area contributed by atoms with E-state index in [0.29, 0.717) is 5.05 Å². The molecule has 0 spiro atoms. The van der Waals surface area contributed by atoms with Crippen molar-refractivity contribution in [2.45, 2.75) is 6.92 Å². The second kappa shape index (κ2) is 4.02. The molecule has 1 nitrogen and oxygen atoms in total. The molecule has 0 heterocycles. The smallest absolute Gasteiger partial charge is 0.164 e. The Labute approximate surface area is 77.7 Å². The highest BCUT2D eigenvalue weighted by molar-refractivity contribution is 7.80. The molecular formula is C10H10OS. The molecule has 1 aromatic rings. The quantitative estimate of drug-likeness (QED) is 0.644. The summed E-state index contributed by atoms with van der Waals surface area (Å²) in [6.45, 7) is 5.42. The Balaban J connectivity index is 2.96. The Morgan fingerprint density at radius 3 is 2.75 bits per heavy atom. The van der Waals surface area contributed by atoms with Crippen molar-refractivity contribution < 1.29 is 4.74 Å². The highest BCUT2D eigenvalue weighted by Crippen LogP contribution is 2.18. The van der Waals surface area contributed by atoms with Crippen LogP contribution in [0.2, 0.25) is 0 Å². The van der Waals surface area contributed by atoms with E-state index in [1.165, 1.54) is 0 Å². The summed E-state index contributed by atoms with van der Waals surface area (Å²) in [5, 5.41) is 0.518. The minimum atomic E-state index is 0.518. The van der Waals surface area contributed by atoms with E-state index in [-0.39, 0.29) is 0 Å². The van der Waals surface area contributed by atoms with Gasteiger partial charge in [0.05, 0.1) is 0 Å². The molecule has 0 unspecified atom stereocenters. The topological polar surface area (TPSA) is 9.23 Å². The standard InChI is InChI=1S/C10H10OS/c1-3-9-6-4-5-7-10(9)11-8(2)12/h3-7H,1H2,2H3. The summed E-state index contributed by atoms with van der Waals surface area (Å²) >= 11 is 4.83. The van der Waals surface area contributed by atoms with Crippen LogP contribution in [0.1, 0.15) is 12.5 Å². The predicted octanol–water partition coefficient (Wildman–Crippen LogP) is 3.06. The number of ether oxygens (including phenoxy) is 1. The van der Waals surface area contributed by atoms with E-state index in [4.69, 9.17) is 17.0 Å². The van der Waals surface area contributed by atoms with Crippen LogP contribution in [-0.4, -0.2) is 5.05 Å². The molecule has 0 bridgehead atoms. The second-order valence-corrected chi connectivity index (χ2v) is 2.91. The molecule has 12 heavy (non-hydrogen) atoms. The summed E-state index contributed by atoms with van der Waals surface area (Å²) in [6.07, 6.45) is 1.74. The minimum Gasteiger partial charge on any atom is -0.450 e. The van der Waals surface area contributed by atoms with Crippen LogP contribution in [0.3, 0.4) is 0 Å². The maximum Gasteiger partial charge on any atom is 0.164 e. The van der Waals surface area contributed by atoms with Crippen LogP contribution in [0.5, 0.6) is 5.75 Å². The van der Waals surface area contributed by atoms with E-state index in [0.717, 1.165) is 11.3 Å². The van der Waals surface area contributed by atoms with Crippen molar-refractivity contribution in [2.75, 3.05) is 0 Å². The predicted molar refractivity (Wildman–Crippen MR) is 55.4 cm³/mol. The molecule has 0 N–H and O–H groups in total. The largest absolute Gasteiger partial charge is 0.450 e. The number of hydrogen-bond acceptors (Lipinski definition) is 2. The van der Waals surface area contributed by atoms with Crippen LogP contribution in [-0.2, 0) is 0 Å². The maximum atomic E-state index is 5.30. The van der Waals surface area contributed by atoms with Gasteiger partial charge in [-0.15, -0.1) is 0 Å². The average molecular weight is 178 g/mol. The van der Waals surface area contributed by atoms with Crippen molar-refractivity contribution in [3.8, 4) is 5.75 Å². The Bertz CT molecular complexity index is 304. The number of para-hydroxylation sites is 1. The molecule has 0 aliphatic carbocycles. The molecule has 0 aromatic heterocycles. The highest BCUT2D eigenvalue weighted by atomic mass is 32.1. The Hall–Kier alpha value is -1.15. The molecule has 2 heteroatoms. The molecule has 0 fully saturated rings. The Morgan fingerprint density at radius 2 is 2.17 bits per heavy atom. The first-order valence-electron chi connectivity index (χ1n) is 3.64. The molecule has 0 saturated carbocycles. The SMILES string of the molecule is C=Cc1ccccc1OC(C)=S. The summed E-state index contributed by atoms with van der Waals surface area (Å²) in [5.74, 6) is 0.764. The molecule has 0 amide bonds. The van der Waals surface area contributed by atoms with Gasteiger partial charge in [-0.1, -0.05) is 30.9 Å². The second-order valence-electron chi connectivity index (χ2n) is 2.34. The highest BCUT2D eigenvalue weighted by Gasteiger charge is 1.98. The van der Waals surface area contributed by atoms with Gasteiger partial charge in [-0.25, -0.2) is 0 Å².